The lowest BCUT2D eigenvalue weighted by atomic mass is 9.69. The number of aryl methyl sites for hydroxylation is 1. The second-order valence-electron chi connectivity index (χ2n) is 8.78. The summed E-state index contributed by atoms with van der Waals surface area (Å²) in [5.41, 5.74) is 2.47. The van der Waals surface area contributed by atoms with Crippen molar-refractivity contribution in [2.24, 2.45) is 11.8 Å². The van der Waals surface area contributed by atoms with Crippen molar-refractivity contribution in [3.63, 3.8) is 0 Å². The smallest absolute Gasteiger partial charge is 0.336 e. The number of Topliss-reactive ketones (excluding diaryl/α,β-unsaturated/α-hetero) is 1. The molecule has 0 spiro atoms. The van der Waals surface area contributed by atoms with Gasteiger partial charge in [0, 0.05) is 22.5 Å². The van der Waals surface area contributed by atoms with E-state index in [9.17, 15) is 19.2 Å². The van der Waals surface area contributed by atoms with E-state index in [1.807, 2.05) is 13.0 Å². The fourth-order valence-electron chi connectivity index (χ4n) is 4.93. The Bertz CT molecular complexity index is 1330. The minimum absolute atomic E-state index is 0.121. The molecule has 1 aromatic heterocycles. The molecule has 0 bridgehead atoms. The van der Waals surface area contributed by atoms with E-state index < -0.39 is 29.6 Å². The fourth-order valence-corrected chi connectivity index (χ4v) is 4.93. The van der Waals surface area contributed by atoms with Crippen LogP contribution < -0.4 is 10.7 Å². The number of carbonyl (C=O) groups is 3. The highest BCUT2D eigenvalue weighted by Gasteiger charge is 2.48. The molecule has 8 heteroatoms. The van der Waals surface area contributed by atoms with Crippen LogP contribution in [0.4, 0.5) is 0 Å². The zero-order chi connectivity index (χ0) is 24.7. The van der Waals surface area contributed by atoms with Gasteiger partial charge < -0.3 is 19.2 Å². The minimum Gasteiger partial charge on any atom is -0.468 e. The summed E-state index contributed by atoms with van der Waals surface area (Å²) in [5.74, 6) is -4.16. The van der Waals surface area contributed by atoms with Gasteiger partial charge in [0.15, 0.2) is 11.2 Å². The van der Waals surface area contributed by atoms with E-state index in [0.29, 0.717) is 28.8 Å². The molecule has 0 saturated heterocycles. The van der Waals surface area contributed by atoms with E-state index in [1.165, 1.54) is 13.4 Å². The van der Waals surface area contributed by atoms with Crippen molar-refractivity contribution in [2.75, 3.05) is 13.7 Å². The first-order valence-corrected chi connectivity index (χ1v) is 11.2. The molecule has 0 saturated carbocycles. The number of fused-ring (bicyclic) bond motifs is 1. The molecule has 0 amide bonds. The molecule has 2 aliphatic rings. The summed E-state index contributed by atoms with van der Waals surface area (Å²) >= 11 is 0. The third kappa shape index (κ3) is 3.73. The first kappa shape index (κ1) is 23.5. The molecule has 1 N–H and O–H groups in total. The SMILES string of the molecule is CCOC(=O)C1=C(C)NC2=C(C(=O)[C@H](C(=O)OC)[C@H](C)C2)[C@H]1c1coc2ccc(C)cc2c1=O. The van der Waals surface area contributed by atoms with Gasteiger partial charge in [-0.2, -0.15) is 0 Å². The summed E-state index contributed by atoms with van der Waals surface area (Å²) in [5, 5.41) is 3.51. The quantitative estimate of drug-likeness (QED) is 0.541. The Morgan fingerprint density at radius 2 is 1.94 bits per heavy atom. The van der Waals surface area contributed by atoms with Gasteiger partial charge in [0.25, 0.3) is 0 Å². The van der Waals surface area contributed by atoms with Crippen molar-refractivity contribution >= 4 is 28.7 Å². The van der Waals surface area contributed by atoms with Crippen LogP contribution in [0, 0.1) is 18.8 Å². The normalized spacial score (nSPS) is 22.4. The van der Waals surface area contributed by atoms with Gasteiger partial charge in [-0.25, -0.2) is 4.79 Å². The van der Waals surface area contributed by atoms with E-state index >= 15 is 0 Å². The summed E-state index contributed by atoms with van der Waals surface area (Å²) in [6.45, 7) is 7.16. The molecule has 3 atom stereocenters. The maximum atomic E-state index is 13.7. The van der Waals surface area contributed by atoms with Gasteiger partial charge >= 0.3 is 11.9 Å². The number of allylic oxidation sites excluding steroid dienone is 3. The monoisotopic (exact) mass is 465 g/mol. The van der Waals surface area contributed by atoms with Crippen molar-refractivity contribution in [3.05, 3.63) is 68.4 Å². The van der Waals surface area contributed by atoms with Crippen molar-refractivity contribution in [1.29, 1.82) is 0 Å². The molecule has 1 aromatic carbocycles. The van der Waals surface area contributed by atoms with Gasteiger partial charge in [-0.05, 0) is 45.2 Å². The molecule has 1 aliphatic carbocycles. The number of esters is 2. The molecule has 34 heavy (non-hydrogen) atoms. The van der Waals surface area contributed by atoms with Crippen LogP contribution in [0.5, 0.6) is 0 Å². The Morgan fingerprint density at radius 3 is 2.62 bits per heavy atom. The van der Waals surface area contributed by atoms with E-state index in [-0.39, 0.29) is 34.7 Å². The van der Waals surface area contributed by atoms with Crippen LogP contribution in [-0.4, -0.2) is 31.4 Å². The maximum absolute atomic E-state index is 13.7. The average Bonchev–Trinajstić information content (AvgIpc) is 2.78. The molecule has 0 unspecified atom stereocenters. The topological polar surface area (TPSA) is 112 Å². The number of hydrogen-bond donors (Lipinski definition) is 1. The maximum Gasteiger partial charge on any atom is 0.336 e. The number of carbonyl (C=O) groups excluding carboxylic acids is 3. The Labute approximate surface area is 196 Å². The van der Waals surface area contributed by atoms with Crippen LogP contribution in [0.3, 0.4) is 0 Å². The number of hydrogen-bond acceptors (Lipinski definition) is 8. The lowest BCUT2D eigenvalue weighted by Gasteiger charge is -2.37. The van der Waals surface area contributed by atoms with Gasteiger partial charge in [-0.3, -0.25) is 14.4 Å². The largest absolute Gasteiger partial charge is 0.468 e. The second-order valence-corrected chi connectivity index (χ2v) is 8.78. The number of dihydropyridines is 1. The summed E-state index contributed by atoms with van der Waals surface area (Å²) in [4.78, 5) is 52.9. The number of benzene rings is 1. The second kappa shape index (κ2) is 8.93. The zero-order valence-electron chi connectivity index (χ0n) is 19.8. The van der Waals surface area contributed by atoms with Crippen molar-refractivity contribution in [2.45, 2.75) is 40.0 Å². The molecular weight excluding hydrogens is 438 g/mol. The van der Waals surface area contributed by atoms with E-state index in [2.05, 4.69) is 5.32 Å². The lowest BCUT2D eigenvalue weighted by Crippen LogP contribution is -2.44. The number of ether oxygens (including phenoxy) is 2. The molecule has 2 aromatic rings. The number of ketones is 1. The highest BCUT2D eigenvalue weighted by molar-refractivity contribution is 6.12. The van der Waals surface area contributed by atoms with Crippen LogP contribution >= 0.6 is 0 Å². The minimum atomic E-state index is -1.04. The Balaban J connectivity index is 1.99. The first-order chi connectivity index (χ1) is 16.2. The third-order valence-electron chi connectivity index (χ3n) is 6.50. The summed E-state index contributed by atoms with van der Waals surface area (Å²) < 4.78 is 15.9. The van der Waals surface area contributed by atoms with Crippen LogP contribution in [0.25, 0.3) is 11.0 Å². The van der Waals surface area contributed by atoms with Gasteiger partial charge in [0.05, 0.1) is 36.9 Å². The van der Waals surface area contributed by atoms with Gasteiger partial charge in [-0.1, -0.05) is 18.6 Å². The predicted octanol–water partition coefficient (Wildman–Crippen LogP) is 3.28. The molecule has 2 heterocycles. The number of nitrogens with one attached hydrogen (secondary N) is 1. The molecule has 0 radical (unpaired) electrons. The van der Waals surface area contributed by atoms with Crippen LogP contribution in [0.1, 0.15) is 44.2 Å². The number of rotatable bonds is 4. The third-order valence-corrected chi connectivity index (χ3v) is 6.50. The number of methoxy groups -OCH3 is 1. The Morgan fingerprint density at radius 1 is 1.21 bits per heavy atom. The van der Waals surface area contributed by atoms with Gasteiger partial charge in [0.2, 0.25) is 0 Å². The highest BCUT2D eigenvalue weighted by Crippen LogP contribution is 2.45. The zero-order valence-corrected chi connectivity index (χ0v) is 19.8. The van der Waals surface area contributed by atoms with Crippen LogP contribution in [0.2, 0.25) is 0 Å². The lowest BCUT2D eigenvalue weighted by molar-refractivity contribution is -0.151. The van der Waals surface area contributed by atoms with Crippen molar-refractivity contribution in [1.82, 2.24) is 5.32 Å². The van der Waals surface area contributed by atoms with E-state index in [1.54, 1.807) is 32.9 Å². The molecule has 0 fully saturated rings. The summed E-state index contributed by atoms with van der Waals surface area (Å²) in [6, 6.07) is 5.25. The molecular formula is C26H27NO7. The van der Waals surface area contributed by atoms with E-state index in [4.69, 9.17) is 13.9 Å². The summed E-state index contributed by atoms with van der Waals surface area (Å²) in [6.07, 6.45) is 1.67. The van der Waals surface area contributed by atoms with Crippen molar-refractivity contribution in [3.8, 4) is 0 Å². The van der Waals surface area contributed by atoms with E-state index in [0.717, 1.165) is 5.56 Å². The Kier molecular flexibility index (Phi) is 6.17. The Hall–Kier alpha value is -3.68. The first-order valence-electron chi connectivity index (χ1n) is 11.2. The fraction of sp³-hybridized carbons (Fsp3) is 0.385. The summed E-state index contributed by atoms with van der Waals surface area (Å²) in [7, 11) is 1.23. The van der Waals surface area contributed by atoms with Gasteiger partial charge in [0.1, 0.15) is 11.5 Å². The average molecular weight is 466 g/mol. The molecule has 178 valence electrons. The van der Waals surface area contributed by atoms with Crippen LogP contribution in [0.15, 0.2) is 56.2 Å². The van der Waals surface area contributed by atoms with Gasteiger partial charge in [-0.15, -0.1) is 0 Å². The van der Waals surface area contributed by atoms with Crippen molar-refractivity contribution < 1.29 is 28.3 Å². The van der Waals surface area contributed by atoms with Crippen LogP contribution in [-0.2, 0) is 23.9 Å². The molecule has 8 nitrogen and oxygen atoms in total. The predicted molar refractivity (Wildman–Crippen MR) is 124 cm³/mol. The molecule has 4 rings (SSSR count). The molecule has 1 aliphatic heterocycles. The standard InChI is InChI=1S/C26H27NO7/c1-6-33-26(31)20-14(4)27-17-10-13(3)19(25(30)32-5)24(29)22(17)21(20)16-11-34-18-8-7-12(2)9-15(18)23(16)28/h7-9,11,13,19,21,27H,6,10H2,1-5H3/t13-,19-,21+/m1/s1. The highest BCUT2D eigenvalue weighted by atomic mass is 16.5.